The van der Waals surface area contributed by atoms with Gasteiger partial charge in [0.05, 0.1) is 11.9 Å². The Labute approximate surface area is 150 Å². The molecule has 4 rings (SSSR count). The first-order valence-corrected chi connectivity index (χ1v) is 8.64. The maximum absolute atomic E-state index is 13.0. The number of piperazine rings is 2. The minimum absolute atomic E-state index is 0.0154. The summed E-state index contributed by atoms with van der Waals surface area (Å²) in [4.78, 5) is 28.3. The largest absolute Gasteiger partial charge is 0.343 e. The molecule has 2 aliphatic rings. The quantitative estimate of drug-likeness (QED) is 0.871. The highest BCUT2D eigenvalue weighted by molar-refractivity contribution is 5.97. The lowest BCUT2D eigenvalue weighted by molar-refractivity contribution is -0.152. The Morgan fingerprint density at radius 2 is 2.00 bits per heavy atom. The highest BCUT2D eigenvalue weighted by Crippen LogP contribution is 2.18. The molecule has 136 valence electrons. The van der Waals surface area contributed by atoms with Crippen LogP contribution in [0.15, 0.2) is 36.7 Å². The van der Waals surface area contributed by atoms with Crippen LogP contribution >= 0.6 is 0 Å². The van der Waals surface area contributed by atoms with E-state index in [0.29, 0.717) is 26.2 Å². The number of fused-ring (bicyclic) bond motifs is 1. The number of carbonyl (C=O) groups is 2. The second-order valence-electron chi connectivity index (χ2n) is 6.78. The number of amides is 2. The third kappa shape index (κ3) is 3.08. The van der Waals surface area contributed by atoms with Crippen LogP contribution < -0.4 is 5.32 Å². The average molecular weight is 357 g/mol. The van der Waals surface area contributed by atoms with Gasteiger partial charge in [0, 0.05) is 37.9 Å². The number of nitrogens with one attached hydrogen (secondary N) is 1. The van der Waals surface area contributed by atoms with Crippen molar-refractivity contribution in [1.29, 1.82) is 0 Å². The summed E-state index contributed by atoms with van der Waals surface area (Å²) in [5.41, 5.74) is 1.78. The molecule has 2 aliphatic heterocycles. The summed E-state index contributed by atoms with van der Waals surface area (Å²) in [6.07, 6.45) is 3.66. The summed E-state index contributed by atoms with van der Waals surface area (Å²) >= 11 is 0. The molecule has 0 saturated carbocycles. The number of hydrogen-bond acceptors (Lipinski definition) is 4. The molecule has 2 aromatic rings. The van der Waals surface area contributed by atoms with Crippen LogP contribution in [0.1, 0.15) is 12.5 Å². The SMILES string of the molecule is C[C@H]1NC(=O)[C@H]2CN(Cc3cnn(-c4ccc(F)cc4)c3)CCN2C1=O. The summed E-state index contributed by atoms with van der Waals surface area (Å²) in [6, 6.07) is 5.26. The normalized spacial score (nSPS) is 23.7. The lowest BCUT2D eigenvalue weighted by Gasteiger charge is -2.44. The van der Waals surface area contributed by atoms with Crippen molar-refractivity contribution in [2.45, 2.75) is 25.6 Å². The molecule has 7 nitrogen and oxygen atoms in total. The Kier molecular flexibility index (Phi) is 4.20. The molecule has 8 heteroatoms. The standard InChI is InChI=1S/C18H20FN5O2/c1-12-18(26)23-7-6-22(11-16(23)17(25)21-12)9-13-8-20-24(10-13)15-4-2-14(19)3-5-15/h2-5,8,10,12,16H,6-7,9,11H2,1H3,(H,21,25)/t12-,16-/m1/s1. The first-order chi connectivity index (χ1) is 12.5. The lowest BCUT2D eigenvalue weighted by atomic mass is 10.0. The number of rotatable bonds is 3. The second kappa shape index (κ2) is 6.53. The molecule has 2 saturated heterocycles. The van der Waals surface area contributed by atoms with Crippen molar-refractivity contribution in [3.8, 4) is 5.69 Å². The van der Waals surface area contributed by atoms with E-state index in [1.54, 1.807) is 34.8 Å². The first kappa shape index (κ1) is 16.7. The first-order valence-electron chi connectivity index (χ1n) is 8.64. The molecular formula is C18H20FN5O2. The molecule has 1 aromatic heterocycles. The Morgan fingerprint density at radius 1 is 1.23 bits per heavy atom. The zero-order valence-electron chi connectivity index (χ0n) is 14.4. The van der Waals surface area contributed by atoms with Crippen LogP contribution in [0.25, 0.3) is 5.69 Å². The van der Waals surface area contributed by atoms with Crippen molar-refractivity contribution in [1.82, 2.24) is 24.9 Å². The third-order valence-corrected chi connectivity index (χ3v) is 4.91. The van der Waals surface area contributed by atoms with Crippen molar-refractivity contribution in [3.05, 3.63) is 48.0 Å². The molecule has 0 radical (unpaired) electrons. The molecular weight excluding hydrogens is 337 g/mol. The van der Waals surface area contributed by atoms with Gasteiger partial charge in [0.2, 0.25) is 11.8 Å². The van der Waals surface area contributed by atoms with Crippen molar-refractivity contribution >= 4 is 11.8 Å². The van der Waals surface area contributed by atoms with Crippen LogP contribution in [0.2, 0.25) is 0 Å². The van der Waals surface area contributed by atoms with Crippen LogP contribution in [0.3, 0.4) is 0 Å². The topological polar surface area (TPSA) is 70.5 Å². The van der Waals surface area contributed by atoms with E-state index in [9.17, 15) is 14.0 Å². The lowest BCUT2D eigenvalue weighted by Crippen LogP contribution is -2.68. The molecule has 0 bridgehead atoms. The number of halogens is 1. The number of aromatic nitrogens is 2. The van der Waals surface area contributed by atoms with E-state index in [2.05, 4.69) is 15.3 Å². The smallest absolute Gasteiger partial charge is 0.245 e. The van der Waals surface area contributed by atoms with E-state index in [4.69, 9.17) is 0 Å². The minimum atomic E-state index is -0.445. The van der Waals surface area contributed by atoms with E-state index < -0.39 is 12.1 Å². The Morgan fingerprint density at radius 3 is 2.77 bits per heavy atom. The van der Waals surface area contributed by atoms with Gasteiger partial charge >= 0.3 is 0 Å². The zero-order chi connectivity index (χ0) is 18.3. The molecule has 0 unspecified atom stereocenters. The predicted octanol–water partition coefficient (Wildman–Crippen LogP) is 0.542. The molecule has 1 aromatic carbocycles. The van der Waals surface area contributed by atoms with Gasteiger partial charge in [-0.3, -0.25) is 14.5 Å². The van der Waals surface area contributed by atoms with E-state index in [-0.39, 0.29) is 17.6 Å². The van der Waals surface area contributed by atoms with Crippen molar-refractivity contribution in [3.63, 3.8) is 0 Å². The van der Waals surface area contributed by atoms with Gasteiger partial charge in [-0.2, -0.15) is 5.10 Å². The van der Waals surface area contributed by atoms with Crippen LogP contribution in [-0.2, 0) is 16.1 Å². The van der Waals surface area contributed by atoms with Crippen LogP contribution in [0.4, 0.5) is 4.39 Å². The number of benzene rings is 1. The molecule has 2 fully saturated rings. The number of carbonyl (C=O) groups excluding carboxylic acids is 2. The third-order valence-electron chi connectivity index (χ3n) is 4.91. The van der Waals surface area contributed by atoms with Crippen molar-refractivity contribution in [2.24, 2.45) is 0 Å². The Balaban J connectivity index is 1.43. The monoisotopic (exact) mass is 357 g/mol. The highest BCUT2D eigenvalue weighted by Gasteiger charge is 2.41. The molecule has 26 heavy (non-hydrogen) atoms. The molecule has 0 aliphatic carbocycles. The predicted molar refractivity (Wildman–Crippen MR) is 91.9 cm³/mol. The van der Waals surface area contributed by atoms with Gasteiger partial charge in [-0.25, -0.2) is 9.07 Å². The van der Waals surface area contributed by atoms with Gasteiger partial charge in [0.25, 0.3) is 0 Å². The summed E-state index contributed by atoms with van der Waals surface area (Å²) in [5.74, 6) is -0.393. The summed E-state index contributed by atoms with van der Waals surface area (Å²) in [6.45, 7) is 4.12. The number of nitrogens with zero attached hydrogens (tertiary/aromatic N) is 4. The highest BCUT2D eigenvalue weighted by atomic mass is 19.1. The molecule has 1 N–H and O–H groups in total. The maximum Gasteiger partial charge on any atom is 0.245 e. The van der Waals surface area contributed by atoms with E-state index in [1.165, 1.54) is 12.1 Å². The van der Waals surface area contributed by atoms with Crippen LogP contribution in [-0.4, -0.2) is 63.1 Å². The van der Waals surface area contributed by atoms with Crippen LogP contribution in [0.5, 0.6) is 0 Å². The fourth-order valence-corrected chi connectivity index (χ4v) is 3.53. The maximum atomic E-state index is 13.0. The van der Waals surface area contributed by atoms with Crippen LogP contribution in [0, 0.1) is 5.82 Å². The summed E-state index contributed by atoms with van der Waals surface area (Å²) in [5, 5.41) is 7.06. The molecule has 3 heterocycles. The summed E-state index contributed by atoms with van der Waals surface area (Å²) < 4.78 is 14.7. The molecule has 2 amide bonds. The fraction of sp³-hybridized carbons (Fsp3) is 0.389. The van der Waals surface area contributed by atoms with Crippen molar-refractivity contribution < 1.29 is 14.0 Å². The van der Waals surface area contributed by atoms with E-state index >= 15 is 0 Å². The molecule has 2 atom stereocenters. The van der Waals surface area contributed by atoms with Gasteiger partial charge in [-0.1, -0.05) is 0 Å². The van der Waals surface area contributed by atoms with E-state index in [0.717, 1.165) is 11.3 Å². The average Bonchev–Trinajstić information content (AvgIpc) is 3.09. The zero-order valence-corrected chi connectivity index (χ0v) is 14.4. The summed E-state index contributed by atoms with van der Waals surface area (Å²) in [7, 11) is 0. The molecule has 0 spiro atoms. The van der Waals surface area contributed by atoms with Gasteiger partial charge in [-0.05, 0) is 31.2 Å². The fourth-order valence-electron chi connectivity index (χ4n) is 3.53. The van der Waals surface area contributed by atoms with Crippen molar-refractivity contribution in [2.75, 3.05) is 19.6 Å². The Hall–Kier alpha value is -2.74. The van der Waals surface area contributed by atoms with Gasteiger partial charge < -0.3 is 10.2 Å². The Bertz CT molecular complexity index is 834. The minimum Gasteiger partial charge on any atom is -0.343 e. The number of hydrogen-bond donors (Lipinski definition) is 1. The van der Waals surface area contributed by atoms with E-state index in [1.807, 2.05) is 6.20 Å². The van der Waals surface area contributed by atoms with Gasteiger partial charge in [-0.15, -0.1) is 0 Å². The van der Waals surface area contributed by atoms with Gasteiger partial charge in [0.15, 0.2) is 0 Å². The van der Waals surface area contributed by atoms with Gasteiger partial charge in [0.1, 0.15) is 17.9 Å². The second-order valence-corrected chi connectivity index (χ2v) is 6.78.